The van der Waals surface area contributed by atoms with Gasteiger partial charge in [0.05, 0.1) is 25.8 Å². The molecule has 0 saturated carbocycles. The maximum atomic E-state index is 13.5. The molecule has 4 rings (SSSR count). The van der Waals surface area contributed by atoms with Crippen molar-refractivity contribution in [2.75, 3.05) is 32.6 Å². The SMILES string of the molecule is COc1ccc(OC)c(S(=O)(=O)N2CCC[C@@H](C(=O)Nc3ccccc3Sc3ccccc3)C2)c1. The number of methoxy groups -OCH3 is 2. The molecule has 1 saturated heterocycles. The molecule has 0 aromatic heterocycles. The Labute approximate surface area is 210 Å². The minimum Gasteiger partial charge on any atom is -0.497 e. The highest BCUT2D eigenvalue weighted by molar-refractivity contribution is 7.99. The van der Waals surface area contributed by atoms with Gasteiger partial charge < -0.3 is 14.8 Å². The molecule has 0 spiro atoms. The summed E-state index contributed by atoms with van der Waals surface area (Å²) in [4.78, 5) is 15.2. The van der Waals surface area contributed by atoms with E-state index >= 15 is 0 Å². The molecule has 3 aromatic rings. The highest BCUT2D eigenvalue weighted by Gasteiger charge is 2.35. The number of anilines is 1. The first-order chi connectivity index (χ1) is 16.9. The van der Waals surface area contributed by atoms with Crippen molar-refractivity contribution in [3.05, 3.63) is 72.8 Å². The van der Waals surface area contributed by atoms with Gasteiger partial charge in [-0.3, -0.25) is 4.79 Å². The second-order valence-corrected chi connectivity index (χ2v) is 11.1. The standard InChI is InChI=1S/C26H28N2O5S2/c1-32-20-14-15-23(33-2)25(17-20)35(30,31)28-16-8-9-19(18-28)26(29)27-22-12-6-7-13-24(22)34-21-10-4-3-5-11-21/h3-7,10-15,17,19H,8-9,16,18H2,1-2H3,(H,27,29)/t19-/m1/s1. The maximum absolute atomic E-state index is 13.5. The fourth-order valence-electron chi connectivity index (χ4n) is 4.01. The number of ether oxygens (including phenoxy) is 2. The number of amides is 1. The number of hydrogen-bond acceptors (Lipinski definition) is 6. The molecule has 0 aliphatic carbocycles. The van der Waals surface area contributed by atoms with E-state index in [0.717, 1.165) is 9.79 Å². The third kappa shape index (κ3) is 5.80. The molecule has 1 aliphatic rings. The lowest BCUT2D eigenvalue weighted by atomic mass is 9.99. The summed E-state index contributed by atoms with van der Waals surface area (Å²) in [6.07, 6.45) is 1.20. The van der Waals surface area contributed by atoms with E-state index in [9.17, 15) is 13.2 Å². The molecule has 0 bridgehead atoms. The van der Waals surface area contributed by atoms with Gasteiger partial charge >= 0.3 is 0 Å². The number of carbonyl (C=O) groups is 1. The Hall–Kier alpha value is -3.01. The van der Waals surface area contributed by atoms with E-state index in [-0.39, 0.29) is 23.1 Å². The van der Waals surface area contributed by atoms with Crippen LogP contribution in [0, 0.1) is 5.92 Å². The van der Waals surface area contributed by atoms with E-state index in [1.807, 2.05) is 54.6 Å². The summed E-state index contributed by atoms with van der Waals surface area (Å²) in [5.74, 6) is 0.000896. The summed E-state index contributed by atoms with van der Waals surface area (Å²) in [5.41, 5.74) is 0.709. The number of sulfonamides is 1. The molecular weight excluding hydrogens is 484 g/mol. The second-order valence-electron chi connectivity index (χ2n) is 8.12. The number of piperidine rings is 1. The summed E-state index contributed by atoms with van der Waals surface area (Å²) in [6, 6.07) is 22.2. The molecule has 1 N–H and O–H groups in total. The predicted molar refractivity (Wildman–Crippen MR) is 137 cm³/mol. The Bertz CT molecular complexity index is 1280. The molecule has 0 unspecified atom stereocenters. The predicted octanol–water partition coefficient (Wildman–Crippen LogP) is 4.89. The normalized spacial score (nSPS) is 16.5. The van der Waals surface area contributed by atoms with Gasteiger partial charge in [-0.2, -0.15) is 4.31 Å². The zero-order chi connectivity index (χ0) is 24.8. The highest BCUT2D eigenvalue weighted by atomic mass is 32.2. The molecule has 1 heterocycles. The second kappa shape index (κ2) is 11.2. The van der Waals surface area contributed by atoms with Crippen LogP contribution in [0.4, 0.5) is 5.69 Å². The molecule has 1 aliphatic heterocycles. The maximum Gasteiger partial charge on any atom is 0.246 e. The van der Waals surface area contributed by atoms with E-state index in [1.165, 1.54) is 24.6 Å². The van der Waals surface area contributed by atoms with Crippen LogP contribution in [0.2, 0.25) is 0 Å². The molecule has 9 heteroatoms. The fraction of sp³-hybridized carbons (Fsp3) is 0.269. The van der Waals surface area contributed by atoms with Gasteiger partial charge in [0.1, 0.15) is 16.4 Å². The Balaban J connectivity index is 1.51. The van der Waals surface area contributed by atoms with Crippen molar-refractivity contribution in [3.8, 4) is 11.5 Å². The molecule has 7 nitrogen and oxygen atoms in total. The zero-order valence-corrected chi connectivity index (χ0v) is 21.3. The molecule has 0 radical (unpaired) electrons. The minimum absolute atomic E-state index is 0.0324. The van der Waals surface area contributed by atoms with Gasteiger partial charge in [-0.15, -0.1) is 0 Å². The molecule has 1 amide bonds. The van der Waals surface area contributed by atoms with Crippen molar-refractivity contribution in [1.82, 2.24) is 4.31 Å². The first kappa shape index (κ1) is 25.1. The van der Waals surface area contributed by atoms with Crippen molar-refractivity contribution in [1.29, 1.82) is 0 Å². The number of nitrogens with zero attached hydrogens (tertiary/aromatic N) is 1. The van der Waals surface area contributed by atoms with Crippen molar-refractivity contribution in [2.45, 2.75) is 27.5 Å². The first-order valence-corrected chi connectivity index (χ1v) is 13.5. The van der Waals surface area contributed by atoms with E-state index in [1.54, 1.807) is 23.9 Å². The monoisotopic (exact) mass is 512 g/mol. The largest absolute Gasteiger partial charge is 0.497 e. The van der Waals surface area contributed by atoms with E-state index in [2.05, 4.69) is 5.32 Å². The molecule has 184 valence electrons. The fourth-order valence-corrected chi connectivity index (χ4v) is 6.63. The lowest BCUT2D eigenvalue weighted by Crippen LogP contribution is -2.43. The van der Waals surface area contributed by atoms with Crippen LogP contribution in [0.25, 0.3) is 0 Å². The van der Waals surface area contributed by atoms with Gasteiger partial charge in [0.25, 0.3) is 0 Å². The lowest BCUT2D eigenvalue weighted by molar-refractivity contribution is -0.120. The summed E-state index contributed by atoms with van der Waals surface area (Å²) >= 11 is 1.57. The summed E-state index contributed by atoms with van der Waals surface area (Å²) < 4.78 is 38.8. The van der Waals surface area contributed by atoms with Gasteiger partial charge in [0, 0.05) is 28.9 Å². The van der Waals surface area contributed by atoms with Crippen molar-refractivity contribution in [2.24, 2.45) is 5.92 Å². The van der Waals surface area contributed by atoms with Gasteiger partial charge in [-0.1, -0.05) is 42.1 Å². The number of carbonyl (C=O) groups excluding carboxylic acids is 1. The average Bonchev–Trinajstić information content (AvgIpc) is 2.90. The molecule has 1 atom stereocenters. The van der Waals surface area contributed by atoms with E-state index in [0.29, 0.717) is 30.8 Å². The lowest BCUT2D eigenvalue weighted by Gasteiger charge is -2.31. The van der Waals surface area contributed by atoms with Gasteiger partial charge in [0.15, 0.2) is 0 Å². The topological polar surface area (TPSA) is 84.9 Å². The van der Waals surface area contributed by atoms with Crippen molar-refractivity contribution in [3.63, 3.8) is 0 Å². The number of nitrogens with one attached hydrogen (secondary N) is 1. The summed E-state index contributed by atoms with van der Waals surface area (Å²) in [5, 5.41) is 3.03. The zero-order valence-electron chi connectivity index (χ0n) is 19.6. The Morgan fingerprint density at radius 2 is 1.74 bits per heavy atom. The van der Waals surface area contributed by atoms with Gasteiger partial charge in [-0.05, 0) is 49.2 Å². The van der Waals surface area contributed by atoms with Crippen molar-refractivity contribution >= 4 is 33.4 Å². The smallest absolute Gasteiger partial charge is 0.246 e. The van der Waals surface area contributed by atoms with Gasteiger partial charge in [-0.25, -0.2) is 8.42 Å². The van der Waals surface area contributed by atoms with Crippen molar-refractivity contribution < 1.29 is 22.7 Å². The van der Waals surface area contributed by atoms with Crippen LogP contribution in [0.1, 0.15) is 12.8 Å². The van der Waals surface area contributed by atoms with E-state index in [4.69, 9.17) is 9.47 Å². The van der Waals surface area contributed by atoms with Crippen LogP contribution in [0.3, 0.4) is 0 Å². The Kier molecular flexibility index (Phi) is 8.00. The number of para-hydroxylation sites is 1. The molecule has 1 fully saturated rings. The third-order valence-corrected chi connectivity index (χ3v) is 8.83. The number of rotatable bonds is 8. The summed E-state index contributed by atoms with van der Waals surface area (Å²) in [6.45, 7) is 0.440. The third-order valence-electron chi connectivity index (χ3n) is 5.86. The summed E-state index contributed by atoms with van der Waals surface area (Å²) in [7, 11) is -0.973. The van der Waals surface area contributed by atoms with Crippen LogP contribution >= 0.6 is 11.8 Å². The molecule has 3 aromatic carbocycles. The number of benzene rings is 3. The van der Waals surface area contributed by atoms with Crippen LogP contribution in [0.15, 0.2) is 87.5 Å². The average molecular weight is 513 g/mol. The molecule has 35 heavy (non-hydrogen) atoms. The van der Waals surface area contributed by atoms with Crippen LogP contribution in [0.5, 0.6) is 11.5 Å². The highest BCUT2D eigenvalue weighted by Crippen LogP contribution is 2.35. The number of hydrogen-bond donors (Lipinski definition) is 1. The van der Waals surface area contributed by atoms with Crippen LogP contribution < -0.4 is 14.8 Å². The Morgan fingerprint density at radius 3 is 2.49 bits per heavy atom. The molecular formula is C26H28N2O5S2. The quantitative estimate of drug-likeness (QED) is 0.462. The van der Waals surface area contributed by atoms with Crippen LogP contribution in [-0.4, -0.2) is 45.9 Å². The van der Waals surface area contributed by atoms with Crippen LogP contribution in [-0.2, 0) is 14.8 Å². The first-order valence-electron chi connectivity index (χ1n) is 11.3. The Morgan fingerprint density at radius 1 is 1.00 bits per heavy atom. The minimum atomic E-state index is -3.88. The van der Waals surface area contributed by atoms with Gasteiger partial charge in [0.2, 0.25) is 15.9 Å². The van der Waals surface area contributed by atoms with E-state index < -0.39 is 15.9 Å².